The quantitative estimate of drug-likeness (QED) is 0.921. The standard InChI is InChI=1S/C14H21NO3S/c1-3-18-13-6-4-12(5-7-13)14-10-19(16,17)9-8-11(2)15-14/h4-7,11,14-15H,3,8-10H2,1-2H3. The van der Waals surface area contributed by atoms with Gasteiger partial charge < -0.3 is 10.1 Å². The van der Waals surface area contributed by atoms with Gasteiger partial charge >= 0.3 is 0 Å². The van der Waals surface area contributed by atoms with Crippen molar-refractivity contribution in [2.75, 3.05) is 18.1 Å². The van der Waals surface area contributed by atoms with Gasteiger partial charge in [0.05, 0.1) is 18.1 Å². The molecule has 2 atom stereocenters. The molecule has 0 aromatic heterocycles. The molecule has 2 unspecified atom stereocenters. The number of benzene rings is 1. The summed E-state index contributed by atoms with van der Waals surface area (Å²) in [5.41, 5.74) is 1.00. The Morgan fingerprint density at radius 1 is 1.32 bits per heavy atom. The second-order valence-electron chi connectivity index (χ2n) is 5.03. The number of nitrogens with one attached hydrogen (secondary N) is 1. The first-order chi connectivity index (χ1) is 9.00. The van der Waals surface area contributed by atoms with Gasteiger partial charge in [0.2, 0.25) is 0 Å². The zero-order chi connectivity index (χ0) is 13.9. The van der Waals surface area contributed by atoms with Crippen molar-refractivity contribution in [2.45, 2.75) is 32.4 Å². The molecule has 1 N–H and O–H groups in total. The first kappa shape index (κ1) is 14.3. The Balaban J connectivity index is 2.18. The molecule has 1 saturated heterocycles. The maximum absolute atomic E-state index is 11.9. The van der Waals surface area contributed by atoms with Crippen LogP contribution < -0.4 is 10.1 Å². The van der Waals surface area contributed by atoms with Crippen molar-refractivity contribution in [1.82, 2.24) is 5.32 Å². The summed E-state index contributed by atoms with van der Waals surface area (Å²) in [5, 5.41) is 3.38. The molecule has 0 aliphatic carbocycles. The smallest absolute Gasteiger partial charge is 0.152 e. The molecule has 1 aromatic carbocycles. The number of ether oxygens (including phenoxy) is 1. The van der Waals surface area contributed by atoms with Crippen LogP contribution in [0.2, 0.25) is 0 Å². The van der Waals surface area contributed by atoms with Gasteiger partial charge in [0, 0.05) is 12.1 Å². The average molecular weight is 283 g/mol. The molecule has 106 valence electrons. The molecule has 0 amide bonds. The molecule has 1 aliphatic rings. The van der Waals surface area contributed by atoms with Crippen molar-refractivity contribution in [3.05, 3.63) is 29.8 Å². The van der Waals surface area contributed by atoms with Crippen LogP contribution >= 0.6 is 0 Å². The van der Waals surface area contributed by atoms with Crippen LogP contribution in [0.4, 0.5) is 0 Å². The van der Waals surface area contributed by atoms with E-state index in [-0.39, 0.29) is 23.6 Å². The maximum Gasteiger partial charge on any atom is 0.152 e. The molecule has 1 heterocycles. The van der Waals surface area contributed by atoms with Crippen molar-refractivity contribution in [3.63, 3.8) is 0 Å². The molecule has 0 saturated carbocycles. The highest BCUT2D eigenvalue weighted by molar-refractivity contribution is 7.91. The van der Waals surface area contributed by atoms with E-state index in [9.17, 15) is 8.42 Å². The topological polar surface area (TPSA) is 55.4 Å². The molecule has 2 rings (SSSR count). The van der Waals surface area contributed by atoms with E-state index >= 15 is 0 Å². The lowest BCUT2D eigenvalue weighted by Crippen LogP contribution is -2.30. The van der Waals surface area contributed by atoms with Crippen molar-refractivity contribution < 1.29 is 13.2 Å². The number of hydrogen-bond donors (Lipinski definition) is 1. The minimum Gasteiger partial charge on any atom is -0.494 e. The lowest BCUT2D eigenvalue weighted by Gasteiger charge is -2.19. The molecular formula is C14H21NO3S. The minimum atomic E-state index is -2.96. The highest BCUT2D eigenvalue weighted by Crippen LogP contribution is 2.23. The van der Waals surface area contributed by atoms with Crippen LogP contribution in [0.3, 0.4) is 0 Å². The molecule has 0 spiro atoms. The first-order valence-electron chi connectivity index (χ1n) is 6.69. The fourth-order valence-electron chi connectivity index (χ4n) is 2.32. The summed E-state index contributed by atoms with van der Waals surface area (Å²) >= 11 is 0. The minimum absolute atomic E-state index is 0.127. The monoisotopic (exact) mass is 283 g/mol. The normalized spacial score (nSPS) is 26.6. The Hall–Kier alpha value is -1.07. The zero-order valence-electron chi connectivity index (χ0n) is 11.4. The number of sulfone groups is 1. The predicted octanol–water partition coefficient (Wildman–Crippen LogP) is 1.92. The SMILES string of the molecule is CCOc1ccc(C2CS(=O)(=O)CCC(C)N2)cc1. The van der Waals surface area contributed by atoms with Crippen LogP contribution in [0, 0.1) is 0 Å². The van der Waals surface area contributed by atoms with E-state index in [0.717, 1.165) is 11.3 Å². The molecule has 1 aliphatic heterocycles. The van der Waals surface area contributed by atoms with E-state index in [4.69, 9.17) is 4.74 Å². The van der Waals surface area contributed by atoms with Crippen molar-refractivity contribution in [2.24, 2.45) is 0 Å². The summed E-state index contributed by atoms with van der Waals surface area (Å²) in [6.07, 6.45) is 0.676. The fraction of sp³-hybridized carbons (Fsp3) is 0.571. The van der Waals surface area contributed by atoms with E-state index < -0.39 is 9.84 Å². The predicted molar refractivity (Wildman–Crippen MR) is 76.2 cm³/mol. The van der Waals surface area contributed by atoms with Gasteiger partial charge in [0.25, 0.3) is 0 Å². The van der Waals surface area contributed by atoms with Crippen LogP contribution in [0.5, 0.6) is 5.75 Å². The van der Waals surface area contributed by atoms with Gasteiger partial charge in [-0.1, -0.05) is 12.1 Å². The van der Waals surface area contributed by atoms with Crippen LogP contribution in [0.25, 0.3) is 0 Å². The summed E-state index contributed by atoms with van der Waals surface area (Å²) in [4.78, 5) is 0. The van der Waals surface area contributed by atoms with E-state index in [0.29, 0.717) is 13.0 Å². The fourth-order valence-corrected chi connectivity index (χ4v) is 4.00. The third kappa shape index (κ3) is 3.94. The average Bonchev–Trinajstić information content (AvgIpc) is 2.50. The second kappa shape index (κ2) is 5.92. The van der Waals surface area contributed by atoms with Crippen molar-refractivity contribution in [1.29, 1.82) is 0 Å². The van der Waals surface area contributed by atoms with E-state index in [1.165, 1.54) is 0 Å². The molecule has 5 heteroatoms. The molecule has 0 radical (unpaired) electrons. The van der Waals surface area contributed by atoms with Gasteiger partial charge in [-0.15, -0.1) is 0 Å². The Labute approximate surface area is 115 Å². The first-order valence-corrected chi connectivity index (χ1v) is 8.51. The summed E-state index contributed by atoms with van der Waals surface area (Å²) in [5.74, 6) is 1.26. The summed E-state index contributed by atoms with van der Waals surface area (Å²) < 4.78 is 29.2. The van der Waals surface area contributed by atoms with Gasteiger partial charge in [-0.2, -0.15) is 0 Å². The molecule has 4 nitrogen and oxygen atoms in total. The second-order valence-corrected chi connectivity index (χ2v) is 7.25. The largest absolute Gasteiger partial charge is 0.494 e. The molecule has 0 bridgehead atoms. The molecular weight excluding hydrogens is 262 g/mol. The van der Waals surface area contributed by atoms with Gasteiger partial charge in [0.15, 0.2) is 9.84 Å². The van der Waals surface area contributed by atoms with Gasteiger partial charge in [-0.05, 0) is 38.0 Å². The lowest BCUT2D eigenvalue weighted by atomic mass is 10.1. The third-order valence-electron chi connectivity index (χ3n) is 3.36. The van der Waals surface area contributed by atoms with Gasteiger partial charge in [-0.25, -0.2) is 8.42 Å². The van der Waals surface area contributed by atoms with Gasteiger partial charge in [0.1, 0.15) is 5.75 Å². The molecule has 19 heavy (non-hydrogen) atoms. The summed E-state index contributed by atoms with van der Waals surface area (Å²) in [6, 6.07) is 7.75. The Kier molecular flexibility index (Phi) is 4.47. The van der Waals surface area contributed by atoms with Gasteiger partial charge in [-0.3, -0.25) is 0 Å². The van der Waals surface area contributed by atoms with Crippen LogP contribution in [0.15, 0.2) is 24.3 Å². The van der Waals surface area contributed by atoms with Crippen molar-refractivity contribution in [3.8, 4) is 5.75 Å². The third-order valence-corrected chi connectivity index (χ3v) is 5.06. The van der Waals surface area contributed by atoms with E-state index in [2.05, 4.69) is 5.32 Å². The summed E-state index contributed by atoms with van der Waals surface area (Å²) in [6.45, 7) is 4.60. The highest BCUT2D eigenvalue weighted by atomic mass is 32.2. The van der Waals surface area contributed by atoms with E-state index in [1.54, 1.807) is 0 Å². The Morgan fingerprint density at radius 2 is 2.00 bits per heavy atom. The molecule has 1 fully saturated rings. The van der Waals surface area contributed by atoms with Crippen LogP contribution in [-0.2, 0) is 9.84 Å². The number of hydrogen-bond acceptors (Lipinski definition) is 4. The lowest BCUT2D eigenvalue weighted by molar-refractivity contribution is 0.340. The zero-order valence-corrected chi connectivity index (χ0v) is 12.2. The summed E-state index contributed by atoms with van der Waals surface area (Å²) in [7, 11) is -2.96. The van der Waals surface area contributed by atoms with Crippen LogP contribution in [0.1, 0.15) is 31.9 Å². The molecule has 1 aromatic rings. The Bertz CT molecular complexity index is 510. The van der Waals surface area contributed by atoms with E-state index in [1.807, 2.05) is 38.1 Å². The Morgan fingerprint density at radius 3 is 2.63 bits per heavy atom. The number of rotatable bonds is 3. The van der Waals surface area contributed by atoms with Crippen molar-refractivity contribution >= 4 is 9.84 Å². The van der Waals surface area contributed by atoms with Crippen LogP contribution in [-0.4, -0.2) is 32.6 Å². The highest BCUT2D eigenvalue weighted by Gasteiger charge is 2.26. The maximum atomic E-state index is 11.9.